The van der Waals surface area contributed by atoms with Crippen LogP contribution in [0, 0.1) is 5.92 Å². The van der Waals surface area contributed by atoms with Crippen LogP contribution in [0.5, 0.6) is 0 Å². The molecule has 9 rings (SSSR count). The zero-order chi connectivity index (χ0) is 27.8. The van der Waals surface area contributed by atoms with Crippen LogP contribution in [0.1, 0.15) is 24.5 Å². The summed E-state index contributed by atoms with van der Waals surface area (Å²) in [5, 5.41) is 5.24. The summed E-state index contributed by atoms with van der Waals surface area (Å²) >= 11 is 1.86. The summed E-state index contributed by atoms with van der Waals surface area (Å²) in [6.07, 6.45) is 5.77. The monoisotopic (exact) mass is 555 g/mol. The first-order valence-electron chi connectivity index (χ1n) is 14.4. The average molecular weight is 556 g/mol. The van der Waals surface area contributed by atoms with Gasteiger partial charge in [-0.3, -0.25) is 0 Å². The molecule has 0 saturated heterocycles. The molecule has 0 fully saturated rings. The molecule has 2 heterocycles. The fraction of sp³-hybridized carbons (Fsp3) is 0.0789. The number of benzene rings is 5. The first-order valence-corrected chi connectivity index (χ1v) is 15.2. The number of allylic oxidation sites excluding steroid dienone is 4. The number of thiophene rings is 1. The van der Waals surface area contributed by atoms with Crippen molar-refractivity contribution >= 4 is 53.4 Å². The van der Waals surface area contributed by atoms with Crippen LogP contribution < -0.4 is 0 Å². The molecular weight excluding hydrogens is 531 g/mol. The van der Waals surface area contributed by atoms with E-state index in [1.807, 2.05) is 47.7 Å². The zero-order valence-corrected chi connectivity index (χ0v) is 23.8. The van der Waals surface area contributed by atoms with Gasteiger partial charge in [0.15, 0.2) is 17.5 Å². The molecule has 1 unspecified atom stereocenters. The van der Waals surface area contributed by atoms with Gasteiger partial charge in [0, 0.05) is 36.9 Å². The van der Waals surface area contributed by atoms with Crippen molar-refractivity contribution in [2.45, 2.75) is 13.3 Å². The predicted molar refractivity (Wildman–Crippen MR) is 176 cm³/mol. The Hall–Kier alpha value is -4.93. The van der Waals surface area contributed by atoms with E-state index >= 15 is 0 Å². The van der Waals surface area contributed by atoms with Crippen molar-refractivity contribution in [2.75, 3.05) is 0 Å². The Kier molecular flexibility index (Phi) is 5.11. The van der Waals surface area contributed by atoms with Gasteiger partial charge in [0.25, 0.3) is 0 Å². The quantitative estimate of drug-likeness (QED) is 0.218. The Balaban J connectivity index is 1.40. The van der Waals surface area contributed by atoms with E-state index in [1.165, 1.54) is 53.2 Å². The van der Waals surface area contributed by atoms with Gasteiger partial charge in [0.2, 0.25) is 0 Å². The minimum atomic E-state index is 0.516. The summed E-state index contributed by atoms with van der Waals surface area (Å²) in [4.78, 5) is 15.2. The topological polar surface area (TPSA) is 38.7 Å². The van der Waals surface area contributed by atoms with E-state index in [-0.39, 0.29) is 0 Å². The lowest BCUT2D eigenvalue weighted by Crippen LogP contribution is -2.01. The number of hydrogen-bond donors (Lipinski definition) is 0. The van der Waals surface area contributed by atoms with Crippen molar-refractivity contribution in [3.63, 3.8) is 0 Å². The molecule has 0 amide bonds. The molecule has 0 aliphatic heterocycles. The Morgan fingerprint density at radius 2 is 1.29 bits per heavy atom. The number of fused-ring (bicyclic) bond motifs is 2. The molecule has 3 nitrogen and oxygen atoms in total. The fourth-order valence-electron chi connectivity index (χ4n) is 6.71. The summed E-state index contributed by atoms with van der Waals surface area (Å²) < 4.78 is 2.54. The largest absolute Gasteiger partial charge is 0.208 e. The second kappa shape index (κ2) is 9.04. The highest BCUT2D eigenvalue weighted by molar-refractivity contribution is 7.26. The van der Waals surface area contributed by atoms with Gasteiger partial charge in [-0.2, -0.15) is 0 Å². The maximum absolute atomic E-state index is 5.13. The van der Waals surface area contributed by atoms with Crippen LogP contribution in [0.4, 0.5) is 0 Å². The van der Waals surface area contributed by atoms with E-state index in [4.69, 9.17) is 15.0 Å². The molecule has 0 N–H and O–H groups in total. The first kappa shape index (κ1) is 23.7. The van der Waals surface area contributed by atoms with Crippen molar-refractivity contribution in [3.8, 4) is 34.2 Å². The number of hydrogen-bond acceptors (Lipinski definition) is 4. The van der Waals surface area contributed by atoms with E-state index in [9.17, 15) is 0 Å². The molecule has 42 heavy (non-hydrogen) atoms. The minimum Gasteiger partial charge on any atom is -0.208 e. The fourth-order valence-corrected chi connectivity index (χ4v) is 7.95. The Morgan fingerprint density at radius 1 is 0.619 bits per heavy atom. The van der Waals surface area contributed by atoms with E-state index in [0.717, 1.165) is 23.1 Å². The van der Waals surface area contributed by atoms with Gasteiger partial charge in [-0.05, 0) is 57.5 Å². The molecule has 2 aromatic heterocycles. The lowest BCUT2D eigenvalue weighted by Gasteiger charge is -2.21. The van der Waals surface area contributed by atoms with Crippen LogP contribution in [0.25, 0.3) is 76.3 Å². The summed E-state index contributed by atoms with van der Waals surface area (Å²) in [7, 11) is 0. The molecule has 7 aromatic rings. The van der Waals surface area contributed by atoms with Crippen LogP contribution >= 0.6 is 11.3 Å². The number of aromatic nitrogens is 3. The number of rotatable bonds is 3. The Morgan fingerprint density at radius 3 is 2.02 bits per heavy atom. The molecular formula is C38H25N3S. The standard InChI is InChI=1S/C38H25N3S/c1-22-18-19-26-27-15-8-14-25-21-30(35-34(32(25)27)33-28(29(26)20-22)16-9-17-31(33)42-35)38-40-36(23-10-4-2-5-11-23)39-37(41-38)24-12-6-3-7-13-24/h2-19,21-22H,20H2,1H3. The second-order valence-electron chi connectivity index (χ2n) is 11.3. The molecule has 5 aromatic carbocycles. The van der Waals surface area contributed by atoms with Gasteiger partial charge < -0.3 is 0 Å². The van der Waals surface area contributed by atoms with Crippen molar-refractivity contribution in [3.05, 3.63) is 126 Å². The first-order chi connectivity index (χ1) is 20.7. The van der Waals surface area contributed by atoms with Crippen molar-refractivity contribution in [1.82, 2.24) is 15.0 Å². The lowest BCUT2D eigenvalue weighted by molar-refractivity contribution is 0.751. The van der Waals surface area contributed by atoms with Gasteiger partial charge in [-0.25, -0.2) is 15.0 Å². The molecule has 0 bridgehead atoms. The van der Waals surface area contributed by atoms with E-state index in [2.05, 4.69) is 85.8 Å². The van der Waals surface area contributed by atoms with Gasteiger partial charge in [0.05, 0.1) is 0 Å². The van der Waals surface area contributed by atoms with Crippen molar-refractivity contribution in [2.24, 2.45) is 5.92 Å². The Bertz CT molecular complexity index is 2220. The van der Waals surface area contributed by atoms with E-state index < -0.39 is 0 Å². The van der Waals surface area contributed by atoms with E-state index in [1.54, 1.807) is 0 Å². The highest BCUT2D eigenvalue weighted by Gasteiger charge is 2.27. The second-order valence-corrected chi connectivity index (χ2v) is 12.3. The lowest BCUT2D eigenvalue weighted by atomic mass is 9.84. The predicted octanol–water partition coefficient (Wildman–Crippen LogP) is 10.2. The third-order valence-electron chi connectivity index (χ3n) is 8.60. The normalized spacial score (nSPS) is 15.7. The molecule has 4 heteroatoms. The van der Waals surface area contributed by atoms with Gasteiger partial charge in [-0.1, -0.05) is 110 Å². The Labute approximate surface area is 247 Å². The molecule has 0 spiro atoms. The zero-order valence-electron chi connectivity index (χ0n) is 23.0. The minimum absolute atomic E-state index is 0.516. The molecule has 2 aliphatic carbocycles. The highest BCUT2D eigenvalue weighted by atomic mass is 32.1. The third kappa shape index (κ3) is 3.49. The van der Waals surface area contributed by atoms with Gasteiger partial charge >= 0.3 is 0 Å². The van der Waals surface area contributed by atoms with Crippen LogP contribution in [-0.4, -0.2) is 15.0 Å². The molecule has 0 radical (unpaired) electrons. The molecule has 1 atom stereocenters. The third-order valence-corrected chi connectivity index (χ3v) is 9.79. The molecule has 0 saturated carbocycles. The van der Waals surface area contributed by atoms with Gasteiger partial charge in [0.1, 0.15) is 0 Å². The van der Waals surface area contributed by atoms with Crippen LogP contribution in [-0.2, 0) is 0 Å². The van der Waals surface area contributed by atoms with Gasteiger partial charge in [-0.15, -0.1) is 11.3 Å². The van der Waals surface area contributed by atoms with Crippen LogP contribution in [0.15, 0.2) is 115 Å². The smallest absolute Gasteiger partial charge is 0.165 e. The average Bonchev–Trinajstić information content (AvgIpc) is 3.39. The maximum atomic E-state index is 5.13. The highest BCUT2D eigenvalue weighted by Crippen LogP contribution is 2.52. The summed E-state index contributed by atoms with van der Waals surface area (Å²) in [6.45, 7) is 2.32. The SMILES string of the molecule is CC1C=CC2=C(C1)c1cccc3sc4c(-c5nc(-c6ccccc6)nc(-c6ccccc6)n5)cc5cccc2c5c4c13. The van der Waals surface area contributed by atoms with Crippen LogP contribution in [0.3, 0.4) is 0 Å². The maximum Gasteiger partial charge on any atom is 0.165 e. The number of nitrogens with zero attached hydrogens (tertiary/aromatic N) is 3. The summed E-state index contributed by atoms with van der Waals surface area (Å²) in [5.41, 5.74) is 8.52. The molecule has 198 valence electrons. The van der Waals surface area contributed by atoms with Crippen LogP contribution in [0.2, 0.25) is 0 Å². The van der Waals surface area contributed by atoms with E-state index in [0.29, 0.717) is 23.4 Å². The van der Waals surface area contributed by atoms with Crippen molar-refractivity contribution in [1.29, 1.82) is 0 Å². The summed E-state index contributed by atoms with van der Waals surface area (Å²) in [6, 6.07) is 36.3. The van der Waals surface area contributed by atoms with Crippen molar-refractivity contribution < 1.29 is 0 Å². The molecule has 2 aliphatic rings. The summed E-state index contributed by atoms with van der Waals surface area (Å²) in [5.74, 6) is 2.59.